The maximum Gasteiger partial charge on any atom is 0.231 e. The second-order valence-corrected chi connectivity index (χ2v) is 5.07. The first-order valence-electron chi connectivity index (χ1n) is 6.98. The number of hydrogen-bond acceptors (Lipinski definition) is 3. The van der Waals surface area contributed by atoms with Crippen LogP contribution in [0, 0.1) is 0 Å². The summed E-state index contributed by atoms with van der Waals surface area (Å²) in [6.45, 7) is 0.768. The highest BCUT2D eigenvalue weighted by atomic mass is 16.7. The molecule has 0 fully saturated rings. The Labute approximate surface area is 123 Å². The van der Waals surface area contributed by atoms with Gasteiger partial charge in [-0.05, 0) is 36.2 Å². The van der Waals surface area contributed by atoms with Gasteiger partial charge in [-0.1, -0.05) is 6.07 Å². The molecule has 5 heteroatoms. The normalized spacial score (nSPS) is 12.4. The lowest BCUT2D eigenvalue weighted by molar-refractivity contribution is -0.121. The van der Waals surface area contributed by atoms with Gasteiger partial charge in [-0.25, -0.2) is 0 Å². The summed E-state index contributed by atoms with van der Waals surface area (Å²) in [6.07, 6.45) is 3.22. The number of aromatic nitrogens is 1. The minimum atomic E-state index is 0.0499. The van der Waals surface area contributed by atoms with Crippen LogP contribution in [0.4, 0.5) is 0 Å². The van der Waals surface area contributed by atoms with Gasteiger partial charge in [0.1, 0.15) is 0 Å². The van der Waals surface area contributed by atoms with E-state index in [2.05, 4.69) is 5.32 Å². The van der Waals surface area contributed by atoms with Crippen molar-refractivity contribution in [3.63, 3.8) is 0 Å². The molecule has 1 aliphatic rings. The van der Waals surface area contributed by atoms with Crippen molar-refractivity contribution in [1.82, 2.24) is 9.88 Å². The first-order chi connectivity index (χ1) is 10.2. The van der Waals surface area contributed by atoms with E-state index >= 15 is 0 Å². The van der Waals surface area contributed by atoms with Gasteiger partial charge in [0.15, 0.2) is 11.5 Å². The fourth-order valence-corrected chi connectivity index (χ4v) is 2.34. The Bertz CT molecular complexity index is 649. The highest BCUT2D eigenvalue weighted by Crippen LogP contribution is 2.32. The molecular formula is C16H18N2O3. The van der Waals surface area contributed by atoms with E-state index < -0.39 is 0 Å². The number of benzene rings is 1. The molecule has 3 rings (SSSR count). The van der Waals surface area contributed by atoms with Crippen molar-refractivity contribution in [2.75, 3.05) is 6.79 Å². The molecule has 2 heterocycles. The summed E-state index contributed by atoms with van der Waals surface area (Å²) < 4.78 is 12.6. The zero-order valence-electron chi connectivity index (χ0n) is 12.0. The van der Waals surface area contributed by atoms with E-state index in [0.717, 1.165) is 29.2 Å². The first kappa shape index (κ1) is 13.5. The average molecular weight is 286 g/mol. The molecule has 0 aliphatic carbocycles. The number of carbonyl (C=O) groups excluding carboxylic acids is 1. The summed E-state index contributed by atoms with van der Waals surface area (Å²) in [5.74, 6) is 1.55. The second kappa shape index (κ2) is 5.91. The van der Waals surface area contributed by atoms with Gasteiger partial charge in [-0.2, -0.15) is 0 Å². The van der Waals surface area contributed by atoms with E-state index in [1.54, 1.807) is 0 Å². The van der Waals surface area contributed by atoms with Crippen molar-refractivity contribution in [2.24, 2.45) is 7.05 Å². The zero-order chi connectivity index (χ0) is 14.7. The van der Waals surface area contributed by atoms with Crippen molar-refractivity contribution >= 4 is 5.91 Å². The molecule has 2 aromatic rings. The first-order valence-corrected chi connectivity index (χ1v) is 6.98. The lowest BCUT2D eigenvalue weighted by Crippen LogP contribution is -2.23. The number of fused-ring (bicyclic) bond motifs is 1. The smallest absolute Gasteiger partial charge is 0.231 e. The molecule has 0 saturated heterocycles. The lowest BCUT2D eigenvalue weighted by atomic mass is 10.2. The number of hydrogen-bond donors (Lipinski definition) is 1. The monoisotopic (exact) mass is 286 g/mol. The SMILES string of the molecule is Cn1cccc1CCC(=O)NCc1ccc2c(c1)OCO2. The van der Waals surface area contributed by atoms with Crippen LogP contribution in [0.5, 0.6) is 11.5 Å². The van der Waals surface area contributed by atoms with Gasteiger partial charge >= 0.3 is 0 Å². The minimum Gasteiger partial charge on any atom is -0.454 e. The van der Waals surface area contributed by atoms with Crippen LogP contribution in [0.25, 0.3) is 0 Å². The van der Waals surface area contributed by atoms with Gasteiger partial charge in [-0.15, -0.1) is 0 Å². The largest absolute Gasteiger partial charge is 0.454 e. The molecule has 1 aromatic heterocycles. The standard InChI is InChI=1S/C16H18N2O3/c1-18-8-2-3-13(18)5-7-16(19)17-10-12-4-6-14-15(9-12)21-11-20-14/h2-4,6,8-9H,5,7,10-11H2,1H3,(H,17,19). The van der Waals surface area contributed by atoms with Gasteiger partial charge < -0.3 is 19.4 Å². The van der Waals surface area contributed by atoms with Crippen molar-refractivity contribution in [2.45, 2.75) is 19.4 Å². The summed E-state index contributed by atoms with van der Waals surface area (Å²) >= 11 is 0. The Balaban J connectivity index is 1.48. The number of amides is 1. The third-order valence-corrected chi connectivity index (χ3v) is 3.59. The van der Waals surface area contributed by atoms with Crippen molar-refractivity contribution in [1.29, 1.82) is 0 Å². The van der Waals surface area contributed by atoms with Gasteiger partial charge in [-0.3, -0.25) is 4.79 Å². The molecule has 0 spiro atoms. The minimum absolute atomic E-state index is 0.0499. The summed E-state index contributed by atoms with van der Waals surface area (Å²) in [5.41, 5.74) is 2.17. The van der Waals surface area contributed by atoms with Crippen LogP contribution in [0.3, 0.4) is 0 Å². The van der Waals surface area contributed by atoms with Crippen LogP contribution in [-0.4, -0.2) is 17.3 Å². The quantitative estimate of drug-likeness (QED) is 0.914. The lowest BCUT2D eigenvalue weighted by Gasteiger charge is -2.07. The molecule has 0 saturated carbocycles. The van der Waals surface area contributed by atoms with Crippen molar-refractivity contribution in [3.8, 4) is 11.5 Å². The maximum absolute atomic E-state index is 11.9. The number of nitrogens with zero attached hydrogens (tertiary/aromatic N) is 1. The number of rotatable bonds is 5. The van der Waals surface area contributed by atoms with Crippen molar-refractivity contribution < 1.29 is 14.3 Å². The van der Waals surface area contributed by atoms with E-state index in [1.165, 1.54) is 0 Å². The summed E-state index contributed by atoms with van der Waals surface area (Å²) in [6, 6.07) is 9.73. The molecule has 0 atom stereocenters. The highest BCUT2D eigenvalue weighted by Gasteiger charge is 2.13. The van der Waals surface area contributed by atoms with E-state index in [-0.39, 0.29) is 12.7 Å². The fraction of sp³-hybridized carbons (Fsp3) is 0.312. The predicted molar refractivity (Wildman–Crippen MR) is 78.1 cm³/mol. The van der Waals surface area contributed by atoms with E-state index in [4.69, 9.17) is 9.47 Å². The average Bonchev–Trinajstić information content (AvgIpc) is 3.11. The Morgan fingerprint density at radius 3 is 2.95 bits per heavy atom. The molecule has 21 heavy (non-hydrogen) atoms. The van der Waals surface area contributed by atoms with Crippen LogP contribution < -0.4 is 14.8 Å². The fourth-order valence-electron chi connectivity index (χ4n) is 2.34. The second-order valence-electron chi connectivity index (χ2n) is 5.07. The number of carbonyl (C=O) groups is 1. The van der Waals surface area contributed by atoms with E-state index in [1.807, 2.05) is 48.1 Å². The molecule has 1 aromatic carbocycles. The van der Waals surface area contributed by atoms with Crippen molar-refractivity contribution in [3.05, 3.63) is 47.8 Å². The summed E-state index contributed by atoms with van der Waals surface area (Å²) in [4.78, 5) is 11.9. The summed E-state index contributed by atoms with van der Waals surface area (Å²) in [5, 5.41) is 2.93. The van der Waals surface area contributed by atoms with Crippen LogP contribution >= 0.6 is 0 Å². The summed E-state index contributed by atoms with van der Waals surface area (Å²) in [7, 11) is 1.99. The molecule has 0 unspecified atom stereocenters. The molecule has 5 nitrogen and oxygen atoms in total. The molecule has 0 radical (unpaired) electrons. The number of ether oxygens (including phenoxy) is 2. The topological polar surface area (TPSA) is 52.5 Å². The Hall–Kier alpha value is -2.43. The number of aryl methyl sites for hydroxylation is 2. The van der Waals surface area contributed by atoms with Crippen LogP contribution in [0.2, 0.25) is 0 Å². The van der Waals surface area contributed by atoms with Gasteiger partial charge in [0.05, 0.1) is 0 Å². The third-order valence-electron chi connectivity index (χ3n) is 3.59. The Morgan fingerprint density at radius 1 is 1.29 bits per heavy atom. The molecule has 110 valence electrons. The molecule has 1 aliphatic heterocycles. The van der Waals surface area contributed by atoms with Gasteiger partial charge in [0.2, 0.25) is 12.7 Å². The predicted octanol–water partition coefficient (Wildman–Crippen LogP) is 2.00. The number of nitrogens with one attached hydrogen (secondary N) is 1. The highest BCUT2D eigenvalue weighted by molar-refractivity contribution is 5.76. The molecule has 1 N–H and O–H groups in total. The Morgan fingerprint density at radius 2 is 2.14 bits per heavy atom. The van der Waals surface area contributed by atoms with Gasteiger partial charge in [0, 0.05) is 31.9 Å². The van der Waals surface area contributed by atoms with Crippen LogP contribution in [-0.2, 0) is 24.8 Å². The van der Waals surface area contributed by atoms with E-state index in [9.17, 15) is 4.79 Å². The van der Waals surface area contributed by atoms with Crippen LogP contribution in [0.1, 0.15) is 17.7 Å². The molecule has 1 amide bonds. The molecule has 0 bridgehead atoms. The van der Waals surface area contributed by atoms with E-state index in [0.29, 0.717) is 13.0 Å². The van der Waals surface area contributed by atoms with Crippen LogP contribution in [0.15, 0.2) is 36.5 Å². The Kier molecular flexibility index (Phi) is 3.81. The maximum atomic E-state index is 11.9. The third kappa shape index (κ3) is 3.18. The molecular weight excluding hydrogens is 268 g/mol. The zero-order valence-corrected chi connectivity index (χ0v) is 12.0. The van der Waals surface area contributed by atoms with Gasteiger partial charge in [0.25, 0.3) is 0 Å².